The van der Waals surface area contributed by atoms with Crippen molar-refractivity contribution < 1.29 is 22.7 Å². The Morgan fingerprint density at radius 2 is 1.93 bits per heavy atom. The van der Waals surface area contributed by atoms with Crippen molar-refractivity contribution in [2.24, 2.45) is 5.73 Å². The summed E-state index contributed by atoms with van der Waals surface area (Å²) in [6, 6.07) is -0.133. The molecular formula is C15H18ClF3N6O2S. The van der Waals surface area contributed by atoms with Gasteiger partial charge in [-0.1, -0.05) is 11.3 Å². The van der Waals surface area contributed by atoms with Gasteiger partial charge in [-0.25, -0.2) is 15.0 Å². The fourth-order valence-corrected chi connectivity index (χ4v) is 3.17. The highest BCUT2D eigenvalue weighted by Gasteiger charge is 2.32. The zero-order chi connectivity index (χ0) is 19.6. The van der Waals surface area contributed by atoms with E-state index in [0.717, 1.165) is 0 Å². The van der Waals surface area contributed by atoms with E-state index in [9.17, 15) is 18.0 Å². The van der Waals surface area contributed by atoms with Gasteiger partial charge in [0.05, 0.1) is 11.8 Å². The van der Waals surface area contributed by atoms with Crippen molar-refractivity contribution in [1.82, 2.24) is 15.0 Å². The predicted octanol–water partition coefficient (Wildman–Crippen LogP) is 1.95. The largest absolute Gasteiger partial charge is 0.468 e. The van der Waals surface area contributed by atoms with Crippen LogP contribution in [0.4, 0.5) is 24.1 Å². The molecule has 0 spiro atoms. The number of aromatic nitrogens is 3. The SMILES string of the molecule is CC(N)COc1ncc(N2CCN(c3ncc(C(F)(F)F)cn3)CC2=O)s1.Cl. The molecule has 1 aliphatic heterocycles. The molecule has 1 amide bonds. The van der Waals surface area contributed by atoms with Gasteiger partial charge < -0.3 is 15.4 Å². The number of ether oxygens (including phenoxy) is 1. The van der Waals surface area contributed by atoms with E-state index < -0.39 is 11.7 Å². The molecule has 154 valence electrons. The van der Waals surface area contributed by atoms with Gasteiger partial charge in [0.1, 0.15) is 18.2 Å². The van der Waals surface area contributed by atoms with Gasteiger partial charge in [0.2, 0.25) is 11.9 Å². The van der Waals surface area contributed by atoms with Crippen LogP contribution in [0.3, 0.4) is 0 Å². The van der Waals surface area contributed by atoms with Crippen molar-refractivity contribution >= 4 is 40.6 Å². The molecule has 0 radical (unpaired) electrons. The van der Waals surface area contributed by atoms with Crippen molar-refractivity contribution in [3.8, 4) is 5.19 Å². The Hall–Kier alpha value is -2.18. The van der Waals surface area contributed by atoms with Crippen molar-refractivity contribution in [2.45, 2.75) is 19.1 Å². The minimum Gasteiger partial charge on any atom is -0.468 e. The minimum atomic E-state index is -4.50. The quantitative estimate of drug-likeness (QED) is 0.761. The zero-order valence-electron chi connectivity index (χ0n) is 14.7. The number of rotatable bonds is 5. The summed E-state index contributed by atoms with van der Waals surface area (Å²) in [4.78, 5) is 27.1. The van der Waals surface area contributed by atoms with Gasteiger partial charge in [0.15, 0.2) is 0 Å². The van der Waals surface area contributed by atoms with E-state index >= 15 is 0 Å². The molecule has 28 heavy (non-hydrogen) atoms. The summed E-state index contributed by atoms with van der Waals surface area (Å²) in [7, 11) is 0. The molecule has 1 aliphatic rings. The van der Waals surface area contributed by atoms with Crippen LogP contribution in [0.15, 0.2) is 18.6 Å². The summed E-state index contributed by atoms with van der Waals surface area (Å²) in [5.41, 5.74) is 4.69. The highest BCUT2D eigenvalue weighted by Crippen LogP contribution is 2.31. The number of amides is 1. The molecule has 0 saturated carbocycles. The number of nitrogens with zero attached hydrogens (tertiary/aromatic N) is 5. The Morgan fingerprint density at radius 1 is 1.25 bits per heavy atom. The summed E-state index contributed by atoms with van der Waals surface area (Å²) >= 11 is 1.23. The number of carbonyl (C=O) groups is 1. The van der Waals surface area contributed by atoms with Gasteiger partial charge in [-0.3, -0.25) is 9.69 Å². The van der Waals surface area contributed by atoms with Crippen LogP contribution >= 0.6 is 23.7 Å². The number of anilines is 2. The molecule has 2 aromatic heterocycles. The summed E-state index contributed by atoms with van der Waals surface area (Å²) < 4.78 is 43.2. The number of piperazine rings is 1. The monoisotopic (exact) mass is 438 g/mol. The second-order valence-electron chi connectivity index (χ2n) is 5.99. The summed E-state index contributed by atoms with van der Waals surface area (Å²) in [6.45, 7) is 2.79. The normalized spacial score (nSPS) is 16.0. The van der Waals surface area contributed by atoms with E-state index in [0.29, 0.717) is 42.3 Å². The first kappa shape index (κ1) is 22.1. The molecule has 2 aromatic rings. The zero-order valence-corrected chi connectivity index (χ0v) is 16.4. The van der Waals surface area contributed by atoms with Gasteiger partial charge in [-0.05, 0) is 6.92 Å². The molecule has 1 saturated heterocycles. The first-order chi connectivity index (χ1) is 12.7. The van der Waals surface area contributed by atoms with E-state index in [2.05, 4.69) is 15.0 Å². The lowest BCUT2D eigenvalue weighted by molar-refractivity contribution is -0.138. The van der Waals surface area contributed by atoms with Crippen LogP contribution in [0, 0.1) is 0 Å². The predicted molar refractivity (Wildman–Crippen MR) is 100 cm³/mol. The van der Waals surface area contributed by atoms with E-state index in [4.69, 9.17) is 10.5 Å². The van der Waals surface area contributed by atoms with Crippen LogP contribution in [0.2, 0.25) is 0 Å². The molecule has 0 aliphatic carbocycles. The second-order valence-corrected chi connectivity index (χ2v) is 6.96. The van der Waals surface area contributed by atoms with Crippen molar-refractivity contribution in [3.05, 3.63) is 24.2 Å². The molecular weight excluding hydrogens is 421 g/mol. The Bertz CT molecular complexity index is 802. The van der Waals surface area contributed by atoms with Crippen LogP contribution in [-0.4, -0.2) is 53.1 Å². The highest BCUT2D eigenvalue weighted by molar-refractivity contribution is 7.17. The van der Waals surface area contributed by atoms with Gasteiger partial charge in [0, 0.05) is 31.5 Å². The lowest BCUT2D eigenvalue weighted by Crippen LogP contribution is -2.51. The van der Waals surface area contributed by atoms with Gasteiger partial charge in [-0.15, -0.1) is 12.4 Å². The fourth-order valence-electron chi connectivity index (χ4n) is 2.35. The lowest BCUT2D eigenvalue weighted by atomic mass is 10.3. The van der Waals surface area contributed by atoms with Gasteiger partial charge >= 0.3 is 6.18 Å². The topological polar surface area (TPSA) is 97.5 Å². The third-order valence-electron chi connectivity index (χ3n) is 3.68. The summed E-state index contributed by atoms with van der Waals surface area (Å²) in [5, 5.41) is 1.05. The van der Waals surface area contributed by atoms with Crippen molar-refractivity contribution in [1.29, 1.82) is 0 Å². The molecule has 13 heteroatoms. The molecule has 3 heterocycles. The minimum absolute atomic E-state index is 0. The molecule has 0 aromatic carbocycles. The maximum atomic E-state index is 12.6. The summed E-state index contributed by atoms with van der Waals surface area (Å²) in [6.07, 6.45) is -1.53. The maximum absolute atomic E-state index is 12.6. The van der Waals surface area contributed by atoms with Crippen LogP contribution in [-0.2, 0) is 11.0 Å². The molecule has 0 bridgehead atoms. The van der Waals surface area contributed by atoms with Gasteiger partial charge in [0.25, 0.3) is 5.19 Å². The molecule has 3 rings (SSSR count). The van der Waals surface area contributed by atoms with Crippen LogP contribution in [0.25, 0.3) is 0 Å². The van der Waals surface area contributed by atoms with Crippen molar-refractivity contribution in [2.75, 3.05) is 36.0 Å². The second kappa shape index (κ2) is 8.88. The third-order valence-corrected chi connectivity index (χ3v) is 4.61. The average Bonchev–Trinajstić information content (AvgIpc) is 3.08. The third kappa shape index (κ3) is 5.20. The molecule has 1 unspecified atom stereocenters. The standard InChI is InChI=1S/C15H17F3N6O2S.ClH/c1-9(19)8-26-14-22-6-12(27-14)24-3-2-23(7-11(24)25)13-20-4-10(5-21-13)15(16,17)18;/h4-6,9H,2-3,7-8,19H2,1H3;1H. The van der Waals surface area contributed by atoms with Gasteiger partial charge in [-0.2, -0.15) is 13.2 Å². The molecule has 1 atom stereocenters. The van der Waals surface area contributed by atoms with E-state index in [1.165, 1.54) is 16.2 Å². The average molecular weight is 439 g/mol. The van der Waals surface area contributed by atoms with E-state index in [-0.39, 0.29) is 36.8 Å². The Balaban J connectivity index is 0.00000280. The first-order valence-corrected chi connectivity index (χ1v) is 8.84. The maximum Gasteiger partial charge on any atom is 0.419 e. The Morgan fingerprint density at radius 3 is 2.50 bits per heavy atom. The first-order valence-electron chi connectivity index (χ1n) is 8.03. The number of halogens is 4. The molecule has 2 N–H and O–H groups in total. The number of nitrogens with two attached hydrogens (primary N) is 1. The molecule has 8 nitrogen and oxygen atoms in total. The number of hydrogen-bond donors (Lipinski definition) is 1. The number of alkyl halides is 3. The number of carbonyl (C=O) groups excluding carboxylic acids is 1. The fraction of sp³-hybridized carbons (Fsp3) is 0.467. The van der Waals surface area contributed by atoms with Crippen LogP contribution < -0.4 is 20.3 Å². The van der Waals surface area contributed by atoms with E-state index in [1.54, 1.807) is 18.0 Å². The summed E-state index contributed by atoms with van der Waals surface area (Å²) in [5.74, 6) is -0.145. The van der Waals surface area contributed by atoms with E-state index in [1.807, 2.05) is 0 Å². The van der Waals surface area contributed by atoms with Crippen LogP contribution in [0.5, 0.6) is 5.19 Å². The Labute approximate surface area is 168 Å². The Kier molecular flexibility index (Phi) is 7.01. The smallest absolute Gasteiger partial charge is 0.419 e. The van der Waals surface area contributed by atoms with Crippen LogP contribution in [0.1, 0.15) is 12.5 Å². The number of hydrogen-bond acceptors (Lipinski definition) is 8. The van der Waals surface area contributed by atoms with Crippen molar-refractivity contribution in [3.63, 3.8) is 0 Å². The number of thiazole rings is 1. The lowest BCUT2D eigenvalue weighted by Gasteiger charge is -2.33. The highest BCUT2D eigenvalue weighted by atomic mass is 35.5. The molecule has 1 fully saturated rings.